The maximum absolute atomic E-state index is 12.1. The Morgan fingerprint density at radius 1 is 1.32 bits per heavy atom. The van der Waals surface area contributed by atoms with Crippen molar-refractivity contribution in [1.82, 2.24) is 4.90 Å². The number of furan rings is 1. The maximum Gasteiger partial charge on any atom is 0.297 e. The van der Waals surface area contributed by atoms with Gasteiger partial charge in [0, 0.05) is 29.8 Å². The summed E-state index contributed by atoms with van der Waals surface area (Å²) < 4.78 is 10.9. The van der Waals surface area contributed by atoms with E-state index in [0.29, 0.717) is 29.2 Å². The molecule has 0 N–H and O–H groups in total. The number of nitro benzene ring substituents is 1. The number of nitrogens with zero attached hydrogens (tertiary/aromatic N) is 2. The Balaban J connectivity index is 1.90. The van der Waals surface area contributed by atoms with Crippen molar-refractivity contribution in [3.63, 3.8) is 0 Å². The van der Waals surface area contributed by atoms with E-state index < -0.39 is 4.92 Å². The lowest BCUT2D eigenvalue weighted by Crippen LogP contribution is -2.27. The van der Waals surface area contributed by atoms with Crippen molar-refractivity contribution in [3.05, 3.63) is 57.5 Å². The molecule has 1 aliphatic heterocycles. The fraction of sp³-hybridized carbons (Fsp3) is 0.176. The van der Waals surface area contributed by atoms with Crippen molar-refractivity contribution >= 4 is 35.1 Å². The minimum atomic E-state index is -0.435. The molecule has 1 fully saturated rings. The number of nitro groups is 1. The summed E-state index contributed by atoms with van der Waals surface area (Å²) in [5.74, 6) is 0.608. The van der Waals surface area contributed by atoms with Gasteiger partial charge in [-0.2, -0.15) is 0 Å². The average molecular weight is 358 g/mol. The van der Waals surface area contributed by atoms with Gasteiger partial charge >= 0.3 is 0 Å². The van der Waals surface area contributed by atoms with Gasteiger partial charge in [0.25, 0.3) is 16.8 Å². The van der Waals surface area contributed by atoms with Crippen LogP contribution in [0.4, 0.5) is 5.69 Å². The normalized spacial score (nSPS) is 15.8. The molecule has 1 aromatic heterocycles. The first-order valence-corrected chi connectivity index (χ1v) is 7.92. The molecule has 0 bridgehead atoms. The summed E-state index contributed by atoms with van der Waals surface area (Å²) in [6, 6.07) is 8.19. The van der Waals surface area contributed by atoms with Crippen LogP contribution in [0.1, 0.15) is 18.2 Å². The number of thiocarbonyl (C=S) groups is 1. The number of benzene rings is 1. The van der Waals surface area contributed by atoms with Crippen molar-refractivity contribution in [2.75, 3.05) is 6.54 Å². The number of amides is 1. The molecule has 1 aliphatic rings. The molecule has 1 saturated heterocycles. The largest absolute Gasteiger partial charge is 0.457 e. The van der Waals surface area contributed by atoms with E-state index in [1.807, 2.05) is 0 Å². The maximum atomic E-state index is 12.1. The minimum Gasteiger partial charge on any atom is -0.457 e. The number of likely N-dealkylation sites (N-methyl/N-ethyl adjacent to an activating group) is 1. The molecule has 128 valence electrons. The summed E-state index contributed by atoms with van der Waals surface area (Å²) in [6.45, 7) is 3.89. The second-order valence-electron chi connectivity index (χ2n) is 5.39. The lowest BCUT2D eigenvalue weighted by atomic mass is 10.1. The van der Waals surface area contributed by atoms with Crippen molar-refractivity contribution < 1.29 is 18.9 Å². The molecule has 1 aromatic carbocycles. The smallest absolute Gasteiger partial charge is 0.297 e. The van der Waals surface area contributed by atoms with Gasteiger partial charge in [0.15, 0.2) is 5.76 Å². The molecule has 2 heterocycles. The van der Waals surface area contributed by atoms with Gasteiger partial charge in [-0.1, -0.05) is 12.1 Å². The second-order valence-corrected chi connectivity index (χ2v) is 5.74. The molecule has 3 rings (SSSR count). The molecule has 0 spiro atoms. The van der Waals surface area contributed by atoms with Gasteiger partial charge in [-0.3, -0.25) is 19.8 Å². The number of ether oxygens (including phenoxy) is 1. The predicted octanol–water partition coefficient (Wildman–Crippen LogP) is 3.67. The number of hydrogen-bond acceptors (Lipinski definition) is 6. The minimum absolute atomic E-state index is 0.0204. The predicted molar refractivity (Wildman–Crippen MR) is 94.6 cm³/mol. The molecular formula is C17H14N2O5S. The van der Waals surface area contributed by atoms with Crippen LogP contribution >= 0.6 is 12.2 Å². The van der Waals surface area contributed by atoms with Crippen LogP contribution in [0.2, 0.25) is 0 Å². The van der Waals surface area contributed by atoms with Gasteiger partial charge in [-0.15, -0.1) is 0 Å². The number of carbonyl (C=O) groups excluding carboxylic acids is 1. The SMILES string of the molecule is CCN1C(=O)/C(=C\c2ccc(-c3ccc(C)c([N+](=O)[O-])c3)o2)OC1=S. The zero-order chi connectivity index (χ0) is 18.1. The van der Waals surface area contributed by atoms with Crippen LogP contribution < -0.4 is 0 Å². The standard InChI is InChI=1S/C17H14N2O5S/c1-3-18-16(20)15(24-17(18)25)9-12-6-7-14(23-12)11-5-4-10(2)13(8-11)19(21)22/h4-9H,3H2,1-2H3/b15-9+. The summed E-state index contributed by atoms with van der Waals surface area (Å²) in [5, 5.41) is 11.2. The Morgan fingerprint density at radius 2 is 2.08 bits per heavy atom. The zero-order valence-electron chi connectivity index (χ0n) is 13.5. The van der Waals surface area contributed by atoms with Gasteiger partial charge in [-0.05, 0) is 38.2 Å². The van der Waals surface area contributed by atoms with Crippen LogP contribution in [-0.2, 0) is 9.53 Å². The number of aryl methyl sites for hydroxylation is 1. The Hall–Kier alpha value is -3.00. The molecule has 0 unspecified atom stereocenters. The third-order valence-electron chi connectivity index (χ3n) is 3.78. The number of hydrogen-bond donors (Lipinski definition) is 0. The van der Waals surface area contributed by atoms with E-state index in [2.05, 4.69) is 0 Å². The van der Waals surface area contributed by atoms with Crippen molar-refractivity contribution in [2.24, 2.45) is 0 Å². The summed E-state index contributed by atoms with van der Waals surface area (Å²) in [6.07, 6.45) is 1.45. The lowest BCUT2D eigenvalue weighted by Gasteiger charge is -2.06. The van der Waals surface area contributed by atoms with Gasteiger partial charge in [0.1, 0.15) is 11.5 Å². The number of carbonyl (C=O) groups is 1. The fourth-order valence-corrected chi connectivity index (χ4v) is 2.75. The highest BCUT2D eigenvalue weighted by atomic mass is 32.1. The topological polar surface area (TPSA) is 85.8 Å². The summed E-state index contributed by atoms with van der Waals surface area (Å²) in [4.78, 5) is 24.1. The Bertz CT molecular complexity index is 916. The van der Waals surface area contributed by atoms with Gasteiger partial charge in [0.2, 0.25) is 0 Å². The fourth-order valence-electron chi connectivity index (χ4n) is 2.45. The molecule has 2 aromatic rings. The van der Waals surface area contributed by atoms with Crippen LogP contribution in [0.5, 0.6) is 0 Å². The van der Waals surface area contributed by atoms with Gasteiger partial charge < -0.3 is 9.15 Å². The molecule has 0 atom stereocenters. The Kier molecular flexibility index (Phi) is 4.37. The van der Waals surface area contributed by atoms with E-state index in [1.54, 1.807) is 38.1 Å². The van der Waals surface area contributed by atoms with Crippen LogP contribution in [0.15, 0.2) is 40.5 Å². The third-order valence-corrected chi connectivity index (χ3v) is 4.08. The quantitative estimate of drug-likeness (QED) is 0.359. The summed E-state index contributed by atoms with van der Waals surface area (Å²) >= 11 is 4.99. The molecule has 1 amide bonds. The van der Waals surface area contributed by atoms with Crippen LogP contribution in [0.3, 0.4) is 0 Å². The van der Waals surface area contributed by atoms with E-state index in [1.165, 1.54) is 17.0 Å². The highest BCUT2D eigenvalue weighted by molar-refractivity contribution is 7.80. The van der Waals surface area contributed by atoms with E-state index in [9.17, 15) is 14.9 Å². The number of rotatable bonds is 4. The average Bonchev–Trinajstić information content (AvgIpc) is 3.13. The zero-order valence-corrected chi connectivity index (χ0v) is 14.3. The molecule has 0 saturated carbocycles. The van der Waals surface area contributed by atoms with E-state index in [4.69, 9.17) is 21.4 Å². The summed E-state index contributed by atoms with van der Waals surface area (Å²) in [7, 11) is 0. The first-order valence-electron chi connectivity index (χ1n) is 7.51. The Labute approximate surface area is 148 Å². The van der Waals surface area contributed by atoms with Crippen LogP contribution in [0.25, 0.3) is 17.4 Å². The Morgan fingerprint density at radius 3 is 2.72 bits per heavy atom. The molecule has 8 heteroatoms. The first kappa shape index (κ1) is 16.8. The highest BCUT2D eigenvalue weighted by Crippen LogP contribution is 2.29. The highest BCUT2D eigenvalue weighted by Gasteiger charge is 2.32. The monoisotopic (exact) mass is 358 g/mol. The van der Waals surface area contributed by atoms with Gasteiger partial charge in [0.05, 0.1) is 4.92 Å². The van der Waals surface area contributed by atoms with E-state index in [0.717, 1.165) is 0 Å². The first-order chi connectivity index (χ1) is 11.9. The van der Waals surface area contributed by atoms with Crippen LogP contribution in [0, 0.1) is 17.0 Å². The molecule has 7 nitrogen and oxygen atoms in total. The molecule has 0 radical (unpaired) electrons. The third kappa shape index (κ3) is 3.16. The van der Waals surface area contributed by atoms with E-state index >= 15 is 0 Å². The van der Waals surface area contributed by atoms with Crippen molar-refractivity contribution in [1.29, 1.82) is 0 Å². The van der Waals surface area contributed by atoms with Crippen molar-refractivity contribution in [3.8, 4) is 11.3 Å². The molecule has 0 aliphatic carbocycles. The van der Waals surface area contributed by atoms with Crippen LogP contribution in [-0.4, -0.2) is 27.4 Å². The lowest BCUT2D eigenvalue weighted by molar-refractivity contribution is -0.385. The second kappa shape index (κ2) is 6.48. The van der Waals surface area contributed by atoms with Crippen molar-refractivity contribution in [2.45, 2.75) is 13.8 Å². The van der Waals surface area contributed by atoms with E-state index in [-0.39, 0.29) is 22.5 Å². The molecular weight excluding hydrogens is 344 g/mol. The van der Waals surface area contributed by atoms with Gasteiger partial charge in [-0.25, -0.2) is 0 Å². The summed E-state index contributed by atoms with van der Waals surface area (Å²) in [5.41, 5.74) is 1.17. The molecule has 25 heavy (non-hydrogen) atoms.